The number of hydrogen-bond donors (Lipinski definition) is 0. The van der Waals surface area contributed by atoms with Crippen molar-refractivity contribution < 1.29 is 22.7 Å². The van der Waals surface area contributed by atoms with Gasteiger partial charge in [-0.3, -0.25) is 9.69 Å². The molecule has 0 saturated carbocycles. The van der Waals surface area contributed by atoms with Gasteiger partial charge in [0.05, 0.1) is 11.7 Å². The van der Waals surface area contributed by atoms with Crippen molar-refractivity contribution in [2.75, 3.05) is 27.2 Å². The zero-order valence-electron chi connectivity index (χ0n) is 14.4. The number of alkyl halides is 3. The van der Waals surface area contributed by atoms with Gasteiger partial charge in [0, 0.05) is 45.9 Å². The van der Waals surface area contributed by atoms with Crippen LogP contribution in [0, 0.1) is 0 Å². The average molecular weight is 344 g/mol. The van der Waals surface area contributed by atoms with Crippen LogP contribution in [-0.4, -0.2) is 49.1 Å². The standard InChI is InChI=1S/C15H17F3N2O2.C2H6/c1-19-8-12-11(14(19)21)3-9(4-13(12)15(16,17)18)5-20-6-10(7-20)22-2;1-2/h3-4,10H,5-8H2,1-2H3;1-2H3. The van der Waals surface area contributed by atoms with Crippen molar-refractivity contribution in [1.29, 1.82) is 0 Å². The first-order valence-corrected chi connectivity index (χ1v) is 8.03. The number of nitrogens with zero attached hydrogens (tertiary/aromatic N) is 2. The summed E-state index contributed by atoms with van der Waals surface area (Å²) in [5.74, 6) is -0.347. The van der Waals surface area contributed by atoms with Gasteiger partial charge in [-0.15, -0.1) is 0 Å². The Balaban J connectivity index is 0.00000100. The monoisotopic (exact) mass is 344 g/mol. The molecule has 1 fully saturated rings. The van der Waals surface area contributed by atoms with Crippen molar-refractivity contribution in [1.82, 2.24) is 9.80 Å². The van der Waals surface area contributed by atoms with E-state index >= 15 is 0 Å². The molecule has 2 heterocycles. The maximum Gasteiger partial charge on any atom is 0.416 e. The molecule has 3 rings (SSSR count). The number of ether oxygens (including phenoxy) is 1. The zero-order chi connectivity index (χ0) is 18.1. The maximum atomic E-state index is 13.3. The average Bonchev–Trinajstić information content (AvgIpc) is 2.78. The van der Waals surface area contributed by atoms with Crippen LogP contribution in [0.4, 0.5) is 13.2 Å². The number of methoxy groups -OCH3 is 1. The smallest absolute Gasteiger partial charge is 0.379 e. The Morgan fingerprint density at radius 1 is 1.25 bits per heavy atom. The molecule has 24 heavy (non-hydrogen) atoms. The Morgan fingerprint density at radius 2 is 1.88 bits per heavy atom. The van der Waals surface area contributed by atoms with Crippen molar-refractivity contribution in [3.05, 3.63) is 34.4 Å². The molecule has 0 radical (unpaired) electrons. The third-order valence-corrected chi connectivity index (χ3v) is 4.25. The predicted octanol–water partition coefficient (Wildman–Crippen LogP) is 3.15. The number of likely N-dealkylation sites (tertiary alicyclic amines) is 1. The topological polar surface area (TPSA) is 32.8 Å². The Kier molecular flexibility index (Phi) is 5.55. The van der Waals surface area contributed by atoms with Crippen molar-refractivity contribution >= 4 is 5.91 Å². The van der Waals surface area contributed by atoms with Gasteiger partial charge < -0.3 is 9.64 Å². The number of halogens is 3. The SMILES string of the molecule is CC.COC1CN(Cc2cc3c(c(C(F)(F)F)c2)CN(C)C3=O)C1. The van der Waals surface area contributed by atoms with E-state index in [0.717, 1.165) is 0 Å². The van der Waals surface area contributed by atoms with Gasteiger partial charge in [0.25, 0.3) is 5.91 Å². The third kappa shape index (κ3) is 3.57. The van der Waals surface area contributed by atoms with E-state index in [0.29, 0.717) is 25.2 Å². The van der Waals surface area contributed by atoms with Crippen LogP contribution in [-0.2, 0) is 24.0 Å². The highest BCUT2D eigenvalue weighted by Crippen LogP contribution is 2.38. The van der Waals surface area contributed by atoms with Gasteiger partial charge in [0.15, 0.2) is 0 Å². The minimum atomic E-state index is -4.45. The second-order valence-corrected chi connectivity index (χ2v) is 5.88. The molecule has 134 valence electrons. The largest absolute Gasteiger partial charge is 0.416 e. The first-order valence-electron chi connectivity index (χ1n) is 8.03. The van der Waals surface area contributed by atoms with Crippen LogP contribution in [0.3, 0.4) is 0 Å². The normalized spacial score (nSPS) is 18.1. The summed E-state index contributed by atoms with van der Waals surface area (Å²) in [7, 11) is 3.13. The number of fused-ring (bicyclic) bond motifs is 1. The molecule has 2 aliphatic rings. The number of benzene rings is 1. The molecule has 1 aromatic carbocycles. The molecule has 2 aliphatic heterocycles. The summed E-state index contributed by atoms with van der Waals surface area (Å²) in [5.41, 5.74) is 0.0871. The van der Waals surface area contributed by atoms with Crippen LogP contribution in [0.15, 0.2) is 12.1 Å². The molecule has 1 saturated heterocycles. The van der Waals surface area contributed by atoms with Crippen LogP contribution in [0.1, 0.15) is 40.9 Å². The summed E-state index contributed by atoms with van der Waals surface area (Å²) in [6.45, 7) is 5.80. The van der Waals surface area contributed by atoms with Crippen molar-refractivity contribution in [3.63, 3.8) is 0 Å². The lowest BCUT2D eigenvalue weighted by Crippen LogP contribution is -2.50. The molecule has 1 amide bonds. The number of rotatable bonds is 3. The van der Waals surface area contributed by atoms with Crippen molar-refractivity contribution in [3.8, 4) is 0 Å². The molecule has 7 heteroatoms. The minimum absolute atomic E-state index is 0.0127. The summed E-state index contributed by atoms with van der Waals surface area (Å²) in [4.78, 5) is 15.3. The molecular formula is C17H23F3N2O2. The van der Waals surface area contributed by atoms with E-state index in [9.17, 15) is 18.0 Å². The molecule has 0 N–H and O–H groups in total. The molecule has 0 spiro atoms. The number of hydrogen-bond acceptors (Lipinski definition) is 3. The Hall–Kier alpha value is -1.60. The maximum absolute atomic E-state index is 13.3. The van der Waals surface area contributed by atoms with E-state index in [2.05, 4.69) is 0 Å². The molecule has 0 bridgehead atoms. The molecule has 0 aliphatic carbocycles. The Bertz CT molecular complexity index is 611. The van der Waals surface area contributed by atoms with Gasteiger partial charge in [-0.25, -0.2) is 0 Å². The van der Waals surface area contributed by atoms with Crippen molar-refractivity contribution in [2.24, 2.45) is 0 Å². The van der Waals surface area contributed by atoms with Gasteiger partial charge in [0.2, 0.25) is 0 Å². The molecule has 0 atom stereocenters. The third-order valence-electron chi connectivity index (χ3n) is 4.25. The summed E-state index contributed by atoms with van der Waals surface area (Å²) in [6, 6.07) is 2.77. The van der Waals surface area contributed by atoms with Gasteiger partial charge in [-0.05, 0) is 23.3 Å². The quantitative estimate of drug-likeness (QED) is 0.844. The number of amides is 1. The second-order valence-electron chi connectivity index (χ2n) is 5.88. The van der Waals surface area contributed by atoms with Crippen LogP contribution < -0.4 is 0 Å². The fraction of sp³-hybridized carbons (Fsp3) is 0.588. The van der Waals surface area contributed by atoms with Gasteiger partial charge in [-0.1, -0.05) is 13.8 Å². The van der Waals surface area contributed by atoms with Gasteiger partial charge in [0.1, 0.15) is 0 Å². The van der Waals surface area contributed by atoms with Gasteiger partial charge >= 0.3 is 6.18 Å². The first-order chi connectivity index (χ1) is 11.3. The lowest BCUT2D eigenvalue weighted by atomic mass is 9.98. The fourth-order valence-corrected chi connectivity index (χ4v) is 3.01. The highest BCUT2D eigenvalue weighted by Gasteiger charge is 2.39. The van der Waals surface area contributed by atoms with Crippen LogP contribution in [0.5, 0.6) is 0 Å². The highest BCUT2D eigenvalue weighted by atomic mass is 19.4. The number of carbonyl (C=O) groups is 1. The fourth-order valence-electron chi connectivity index (χ4n) is 3.01. The first kappa shape index (κ1) is 18.7. The molecule has 0 unspecified atom stereocenters. The van der Waals surface area contributed by atoms with E-state index in [-0.39, 0.29) is 29.7 Å². The highest BCUT2D eigenvalue weighted by molar-refractivity contribution is 5.98. The summed E-state index contributed by atoms with van der Waals surface area (Å²) < 4.78 is 44.9. The van der Waals surface area contributed by atoms with E-state index in [1.54, 1.807) is 13.2 Å². The lowest BCUT2D eigenvalue weighted by Gasteiger charge is -2.38. The summed E-state index contributed by atoms with van der Waals surface area (Å²) in [5, 5.41) is 0. The van der Waals surface area contributed by atoms with E-state index < -0.39 is 11.7 Å². The molecule has 4 nitrogen and oxygen atoms in total. The summed E-state index contributed by atoms with van der Waals surface area (Å²) in [6.07, 6.45) is -4.31. The van der Waals surface area contributed by atoms with Crippen LogP contribution in [0.25, 0.3) is 0 Å². The predicted molar refractivity (Wildman–Crippen MR) is 84.7 cm³/mol. The van der Waals surface area contributed by atoms with Crippen LogP contribution >= 0.6 is 0 Å². The number of carbonyl (C=O) groups excluding carboxylic acids is 1. The van der Waals surface area contributed by atoms with Crippen LogP contribution in [0.2, 0.25) is 0 Å². The van der Waals surface area contributed by atoms with E-state index in [4.69, 9.17) is 4.74 Å². The lowest BCUT2D eigenvalue weighted by molar-refractivity contribution is -0.138. The van der Waals surface area contributed by atoms with Gasteiger partial charge in [-0.2, -0.15) is 13.2 Å². The van der Waals surface area contributed by atoms with Crippen molar-refractivity contribution in [2.45, 2.75) is 39.2 Å². The molecular weight excluding hydrogens is 321 g/mol. The van der Waals surface area contributed by atoms with E-state index in [1.165, 1.54) is 18.0 Å². The second kappa shape index (κ2) is 7.11. The van der Waals surface area contributed by atoms with E-state index in [1.807, 2.05) is 18.7 Å². The Morgan fingerprint density at radius 3 is 2.42 bits per heavy atom. The zero-order valence-corrected chi connectivity index (χ0v) is 14.4. The molecule has 1 aromatic rings. The Labute approximate surface area is 140 Å². The molecule has 0 aromatic heterocycles. The summed E-state index contributed by atoms with van der Waals surface area (Å²) >= 11 is 0. The minimum Gasteiger partial charge on any atom is -0.379 e.